The van der Waals surface area contributed by atoms with Gasteiger partial charge in [0.05, 0.1) is 20.8 Å². The average molecular weight is 264 g/mol. The minimum Gasteiger partial charge on any atom is -0.239 e. The highest BCUT2D eigenvalue weighted by Gasteiger charge is 2.10. The number of aromatic nitrogens is 1. The molecule has 0 unspecified atom stereocenters. The Labute approximate surface area is 100 Å². The monoisotopic (exact) mass is 263 g/mol. The van der Waals surface area contributed by atoms with Crippen molar-refractivity contribution >= 4 is 45.9 Å². The summed E-state index contributed by atoms with van der Waals surface area (Å²) in [7, 11) is 0. The molecule has 5 heteroatoms. The highest BCUT2D eigenvalue weighted by molar-refractivity contribution is 7.19. The number of thiazole rings is 1. The molecular weight excluding hydrogens is 257 g/mol. The van der Waals surface area contributed by atoms with Gasteiger partial charge in [0.1, 0.15) is 5.01 Å². The van der Waals surface area contributed by atoms with Crippen LogP contribution in [0.25, 0.3) is 10.6 Å². The van der Waals surface area contributed by atoms with Crippen molar-refractivity contribution in [2.75, 3.05) is 0 Å². The lowest BCUT2D eigenvalue weighted by molar-refractivity contribution is 1.26. The molecule has 0 spiro atoms. The summed E-state index contributed by atoms with van der Waals surface area (Å²) in [5.74, 6) is 0.477. The van der Waals surface area contributed by atoms with Gasteiger partial charge in [-0.05, 0) is 19.1 Å². The molecule has 0 amide bonds. The fraction of sp³-hybridized carbons (Fsp3) is 0.222. The molecule has 0 aromatic carbocycles. The molecule has 2 heterocycles. The van der Waals surface area contributed by atoms with E-state index in [1.807, 2.05) is 12.1 Å². The van der Waals surface area contributed by atoms with E-state index in [2.05, 4.69) is 11.9 Å². The lowest BCUT2D eigenvalue weighted by Crippen LogP contribution is -1.76. The third-order valence-electron chi connectivity index (χ3n) is 1.76. The van der Waals surface area contributed by atoms with Crippen molar-refractivity contribution in [2.24, 2.45) is 0 Å². The second-order valence-corrected chi connectivity index (χ2v) is 6.02. The van der Waals surface area contributed by atoms with E-state index in [1.165, 1.54) is 4.88 Å². The fourth-order valence-corrected chi connectivity index (χ4v) is 3.35. The van der Waals surface area contributed by atoms with Crippen molar-refractivity contribution in [3.05, 3.63) is 26.4 Å². The molecule has 0 saturated heterocycles. The molecule has 0 N–H and O–H groups in total. The number of alkyl halides is 1. The van der Waals surface area contributed by atoms with Gasteiger partial charge in [-0.1, -0.05) is 11.6 Å². The van der Waals surface area contributed by atoms with Gasteiger partial charge in [-0.15, -0.1) is 34.3 Å². The Balaban J connectivity index is 2.45. The molecule has 0 aliphatic rings. The number of rotatable bonds is 2. The Bertz CT molecular complexity index is 447. The van der Waals surface area contributed by atoms with Gasteiger partial charge in [-0.2, -0.15) is 0 Å². The number of hydrogen-bond acceptors (Lipinski definition) is 3. The van der Waals surface area contributed by atoms with Crippen LogP contribution in [0.1, 0.15) is 9.88 Å². The lowest BCUT2D eigenvalue weighted by Gasteiger charge is -1.90. The summed E-state index contributed by atoms with van der Waals surface area (Å²) in [6, 6.07) is 3.88. The van der Waals surface area contributed by atoms with Crippen molar-refractivity contribution in [2.45, 2.75) is 12.8 Å². The Kier molecular flexibility index (Phi) is 3.12. The van der Waals surface area contributed by atoms with Gasteiger partial charge < -0.3 is 0 Å². The van der Waals surface area contributed by atoms with Gasteiger partial charge in [0.25, 0.3) is 0 Å². The fourth-order valence-electron chi connectivity index (χ4n) is 1.18. The first-order chi connectivity index (χ1) is 6.70. The third kappa shape index (κ3) is 1.96. The number of nitrogens with zero attached hydrogens (tertiary/aromatic N) is 1. The van der Waals surface area contributed by atoms with E-state index < -0.39 is 0 Å². The van der Waals surface area contributed by atoms with Crippen molar-refractivity contribution in [3.8, 4) is 10.6 Å². The highest BCUT2D eigenvalue weighted by Crippen LogP contribution is 2.34. The maximum atomic E-state index is 5.87. The zero-order valence-electron chi connectivity index (χ0n) is 7.38. The standard InChI is InChI=1S/C9H7Cl2NS2/c1-5-9(12-8(4-10)13-5)6-2-3-7(11)14-6/h2-3H,4H2,1H3. The summed E-state index contributed by atoms with van der Waals surface area (Å²) >= 11 is 14.8. The molecule has 0 atom stereocenters. The topological polar surface area (TPSA) is 12.9 Å². The third-order valence-corrected chi connectivity index (χ3v) is 4.38. The number of thiophene rings is 1. The lowest BCUT2D eigenvalue weighted by atomic mass is 10.3. The number of aryl methyl sites for hydroxylation is 1. The Morgan fingerprint density at radius 1 is 1.36 bits per heavy atom. The molecule has 14 heavy (non-hydrogen) atoms. The maximum Gasteiger partial charge on any atom is 0.108 e. The molecule has 2 aromatic rings. The first-order valence-electron chi connectivity index (χ1n) is 3.98. The van der Waals surface area contributed by atoms with Crippen LogP contribution in [0, 0.1) is 6.92 Å². The molecule has 0 fully saturated rings. The molecule has 0 aliphatic carbocycles. The molecule has 0 aliphatic heterocycles. The first kappa shape index (κ1) is 10.4. The second-order valence-electron chi connectivity index (χ2n) is 2.75. The van der Waals surface area contributed by atoms with Crippen molar-refractivity contribution in [1.82, 2.24) is 4.98 Å². The van der Waals surface area contributed by atoms with Crippen LogP contribution in [0.3, 0.4) is 0 Å². The van der Waals surface area contributed by atoms with Crippen molar-refractivity contribution < 1.29 is 0 Å². The average Bonchev–Trinajstić information content (AvgIpc) is 2.71. The van der Waals surface area contributed by atoms with Crippen molar-refractivity contribution in [1.29, 1.82) is 0 Å². The predicted molar refractivity (Wildman–Crippen MR) is 64.7 cm³/mol. The molecular formula is C9H7Cl2NS2. The minimum absolute atomic E-state index is 0.477. The van der Waals surface area contributed by atoms with E-state index in [-0.39, 0.29) is 0 Å². The quantitative estimate of drug-likeness (QED) is 0.724. The van der Waals surface area contributed by atoms with Crippen LogP contribution in [0.5, 0.6) is 0 Å². The molecule has 2 rings (SSSR count). The van der Waals surface area contributed by atoms with Gasteiger partial charge in [0.2, 0.25) is 0 Å². The van der Waals surface area contributed by atoms with Crippen LogP contribution >= 0.6 is 45.9 Å². The van der Waals surface area contributed by atoms with Crippen LogP contribution in [0.4, 0.5) is 0 Å². The van der Waals surface area contributed by atoms with E-state index >= 15 is 0 Å². The highest BCUT2D eigenvalue weighted by atomic mass is 35.5. The van der Waals surface area contributed by atoms with Crippen LogP contribution in [-0.2, 0) is 5.88 Å². The van der Waals surface area contributed by atoms with Crippen LogP contribution in [0.2, 0.25) is 4.34 Å². The summed E-state index contributed by atoms with van der Waals surface area (Å²) in [4.78, 5) is 6.76. The molecule has 0 bridgehead atoms. The Morgan fingerprint density at radius 2 is 2.14 bits per heavy atom. The molecule has 2 aromatic heterocycles. The van der Waals surface area contributed by atoms with Crippen LogP contribution < -0.4 is 0 Å². The van der Waals surface area contributed by atoms with Gasteiger partial charge in [-0.25, -0.2) is 4.98 Å². The number of hydrogen-bond donors (Lipinski definition) is 0. The second kappa shape index (κ2) is 4.19. The zero-order valence-corrected chi connectivity index (χ0v) is 10.5. The summed E-state index contributed by atoms with van der Waals surface area (Å²) in [6.45, 7) is 2.05. The van der Waals surface area contributed by atoms with E-state index in [0.29, 0.717) is 5.88 Å². The van der Waals surface area contributed by atoms with Gasteiger partial charge in [-0.3, -0.25) is 0 Å². The Morgan fingerprint density at radius 3 is 2.64 bits per heavy atom. The van der Waals surface area contributed by atoms with Gasteiger partial charge in [0, 0.05) is 4.88 Å². The maximum absolute atomic E-state index is 5.87. The van der Waals surface area contributed by atoms with Crippen LogP contribution in [-0.4, -0.2) is 4.98 Å². The summed E-state index contributed by atoms with van der Waals surface area (Å²) < 4.78 is 0.792. The molecule has 1 nitrogen and oxygen atoms in total. The molecule has 0 saturated carbocycles. The molecule has 0 radical (unpaired) electrons. The van der Waals surface area contributed by atoms with E-state index in [4.69, 9.17) is 23.2 Å². The van der Waals surface area contributed by atoms with E-state index in [0.717, 1.165) is 19.9 Å². The SMILES string of the molecule is Cc1sc(CCl)nc1-c1ccc(Cl)s1. The van der Waals surface area contributed by atoms with E-state index in [9.17, 15) is 0 Å². The normalized spacial score (nSPS) is 10.8. The van der Waals surface area contributed by atoms with Crippen molar-refractivity contribution in [3.63, 3.8) is 0 Å². The first-order valence-corrected chi connectivity index (χ1v) is 6.53. The summed E-state index contributed by atoms with van der Waals surface area (Å²) in [6.07, 6.45) is 0. The van der Waals surface area contributed by atoms with Gasteiger partial charge in [0.15, 0.2) is 0 Å². The molecule has 74 valence electrons. The van der Waals surface area contributed by atoms with Crippen LogP contribution in [0.15, 0.2) is 12.1 Å². The van der Waals surface area contributed by atoms with Gasteiger partial charge >= 0.3 is 0 Å². The smallest absolute Gasteiger partial charge is 0.108 e. The predicted octanol–water partition coefficient (Wildman–Crippen LogP) is 4.57. The minimum atomic E-state index is 0.477. The zero-order chi connectivity index (χ0) is 10.1. The Hall–Kier alpha value is -0.0900. The number of halogens is 2. The summed E-state index contributed by atoms with van der Waals surface area (Å²) in [5, 5.41) is 0.962. The van der Waals surface area contributed by atoms with E-state index in [1.54, 1.807) is 22.7 Å². The summed E-state index contributed by atoms with van der Waals surface area (Å²) in [5.41, 5.74) is 1.02. The largest absolute Gasteiger partial charge is 0.239 e.